The second-order valence-corrected chi connectivity index (χ2v) is 4.78. The third-order valence-corrected chi connectivity index (χ3v) is 3.39. The first-order valence-electron chi connectivity index (χ1n) is 6.60. The van der Waals surface area contributed by atoms with Crippen LogP contribution in [0, 0.1) is 6.92 Å². The molecule has 0 aliphatic rings. The molecule has 0 amide bonds. The zero-order chi connectivity index (χ0) is 13.7. The lowest BCUT2D eigenvalue weighted by Crippen LogP contribution is -2.04. The number of rotatable bonds is 5. The predicted octanol–water partition coefficient (Wildman–Crippen LogP) is 3.78. The van der Waals surface area contributed by atoms with Gasteiger partial charge in [-0.2, -0.15) is 0 Å². The van der Waals surface area contributed by atoms with Crippen LogP contribution in [0.2, 0.25) is 0 Å². The summed E-state index contributed by atoms with van der Waals surface area (Å²) in [6.07, 6.45) is 2.38. The van der Waals surface area contributed by atoms with E-state index in [2.05, 4.69) is 12.1 Å². The number of nitrogen functional groups attached to an aromatic ring is 1. The Morgan fingerprint density at radius 3 is 2.53 bits per heavy atom. The zero-order valence-corrected chi connectivity index (χ0v) is 11.2. The van der Waals surface area contributed by atoms with Crippen molar-refractivity contribution in [1.82, 2.24) is 0 Å². The number of carbonyl (C=O) groups is 1. The molecule has 0 aliphatic carbocycles. The van der Waals surface area contributed by atoms with Crippen LogP contribution in [0.5, 0.6) is 0 Å². The van der Waals surface area contributed by atoms with Crippen molar-refractivity contribution in [2.24, 2.45) is 0 Å². The van der Waals surface area contributed by atoms with Gasteiger partial charge in [0.25, 0.3) is 0 Å². The summed E-state index contributed by atoms with van der Waals surface area (Å²) in [5, 5.41) is 0. The van der Waals surface area contributed by atoms with Crippen molar-refractivity contribution in [3.8, 4) is 0 Å². The number of hydrogen-bond donors (Lipinski definition) is 1. The van der Waals surface area contributed by atoms with E-state index < -0.39 is 0 Å². The van der Waals surface area contributed by atoms with E-state index in [0.29, 0.717) is 12.1 Å². The van der Waals surface area contributed by atoms with Crippen molar-refractivity contribution in [2.45, 2.75) is 26.2 Å². The van der Waals surface area contributed by atoms with Crippen molar-refractivity contribution < 1.29 is 4.79 Å². The molecule has 0 bridgehead atoms. The summed E-state index contributed by atoms with van der Waals surface area (Å²) in [6.45, 7) is 1.90. The van der Waals surface area contributed by atoms with Gasteiger partial charge in [0.05, 0.1) is 0 Å². The number of carbonyl (C=O) groups excluding carboxylic acids is 1. The Balaban J connectivity index is 1.93. The second-order valence-electron chi connectivity index (χ2n) is 4.78. The van der Waals surface area contributed by atoms with E-state index in [9.17, 15) is 4.79 Å². The Bertz CT molecular complexity index is 561. The summed E-state index contributed by atoms with van der Waals surface area (Å²) in [5.74, 6) is 0.181. The Labute approximate surface area is 114 Å². The second kappa shape index (κ2) is 6.19. The van der Waals surface area contributed by atoms with Crippen LogP contribution in [0.4, 0.5) is 5.69 Å². The number of anilines is 1. The number of nitrogens with two attached hydrogens (primary N) is 1. The molecule has 19 heavy (non-hydrogen) atoms. The van der Waals surface area contributed by atoms with E-state index >= 15 is 0 Å². The molecule has 0 radical (unpaired) electrons. The Kier molecular flexibility index (Phi) is 4.35. The van der Waals surface area contributed by atoms with Crippen LogP contribution in [0.1, 0.15) is 34.3 Å². The molecule has 2 aromatic carbocycles. The van der Waals surface area contributed by atoms with E-state index in [1.807, 2.05) is 43.3 Å². The minimum atomic E-state index is 0.181. The average molecular weight is 253 g/mol. The molecule has 0 spiro atoms. The van der Waals surface area contributed by atoms with Crippen molar-refractivity contribution >= 4 is 11.5 Å². The highest BCUT2D eigenvalue weighted by Gasteiger charge is 2.10. The van der Waals surface area contributed by atoms with Gasteiger partial charge in [-0.15, -0.1) is 0 Å². The maximum atomic E-state index is 12.2. The molecule has 0 atom stereocenters. The van der Waals surface area contributed by atoms with Crippen LogP contribution in [0.15, 0.2) is 48.5 Å². The van der Waals surface area contributed by atoms with Gasteiger partial charge in [0, 0.05) is 17.7 Å². The van der Waals surface area contributed by atoms with E-state index in [4.69, 9.17) is 5.73 Å². The average Bonchev–Trinajstić information content (AvgIpc) is 2.43. The van der Waals surface area contributed by atoms with Crippen molar-refractivity contribution in [3.63, 3.8) is 0 Å². The standard InChI is InChI=1S/C17H19NO/c1-13-15(10-6-11-16(13)18)17(19)12-5-9-14-7-3-2-4-8-14/h2-4,6-8,10-11H,5,9,12,18H2,1H3. The van der Waals surface area contributed by atoms with Crippen LogP contribution in [0.25, 0.3) is 0 Å². The van der Waals surface area contributed by atoms with Crippen LogP contribution in [-0.2, 0) is 6.42 Å². The van der Waals surface area contributed by atoms with E-state index in [0.717, 1.165) is 24.0 Å². The van der Waals surface area contributed by atoms with E-state index in [1.165, 1.54) is 5.56 Å². The molecule has 2 N–H and O–H groups in total. The first kappa shape index (κ1) is 13.3. The summed E-state index contributed by atoms with van der Waals surface area (Å²) < 4.78 is 0. The Hall–Kier alpha value is -2.09. The highest BCUT2D eigenvalue weighted by Crippen LogP contribution is 2.18. The lowest BCUT2D eigenvalue weighted by molar-refractivity contribution is 0.0979. The minimum absolute atomic E-state index is 0.181. The van der Waals surface area contributed by atoms with Gasteiger partial charge in [0.15, 0.2) is 5.78 Å². The number of benzene rings is 2. The third kappa shape index (κ3) is 3.44. The molecule has 2 aromatic rings. The predicted molar refractivity (Wildman–Crippen MR) is 79.3 cm³/mol. The van der Waals surface area contributed by atoms with Crippen molar-refractivity contribution in [1.29, 1.82) is 0 Å². The lowest BCUT2D eigenvalue weighted by atomic mass is 9.98. The number of aryl methyl sites for hydroxylation is 1. The van der Waals surface area contributed by atoms with Gasteiger partial charge in [0.2, 0.25) is 0 Å². The Morgan fingerprint density at radius 1 is 1.05 bits per heavy atom. The van der Waals surface area contributed by atoms with Gasteiger partial charge in [-0.25, -0.2) is 0 Å². The van der Waals surface area contributed by atoms with Gasteiger partial charge in [-0.3, -0.25) is 4.79 Å². The highest BCUT2D eigenvalue weighted by molar-refractivity contribution is 5.98. The first-order chi connectivity index (χ1) is 9.18. The largest absolute Gasteiger partial charge is 0.398 e. The normalized spacial score (nSPS) is 10.4. The summed E-state index contributed by atoms with van der Waals surface area (Å²) in [5.41, 5.74) is 9.45. The van der Waals surface area contributed by atoms with Crippen LogP contribution in [0.3, 0.4) is 0 Å². The Morgan fingerprint density at radius 2 is 1.79 bits per heavy atom. The number of ketones is 1. The molecule has 0 fully saturated rings. The fraction of sp³-hybridized carbons (Fsp3) is 0.235. The maximum absolute atomic E-state index is 12.2. The number of Topliss-reactive ketones (excluding diaryl/α,β-unsaturated/α-hetero) is 1. The first-order valence-corrected chi connectivity index (χ1v) is 6.60. The number of hydrogen-bond acceptors (Lipinski definition) is 2. The molecule has 0 aliphatic heterocycles. The summed E-state index contributed by atoms with van der Waals surface area (Å²) in [4.78, 5) is 12.2. The van der Waals surface area contributed by atoms with E-state index in [1.54, 1.807) is 0 Å². The highest BCUT2D eigenvalue weighted by atomic mass is 16.1. The van der Waals surface area contributed by atoms with Gasteiger partial charge in [-0.05, 0) is 37.0 Å². The van der Waals surface area contributed by atoms with E-state index in [-0.39, 0.29) is 5.78 Å². The van der Waals surface area contributed by atoms with Crippen LogP contribution in [-0.4, -0.2) is 5.78 Å². The van der Waals surface area contributed by atoms with Crippen LogP contribution >= 0.6 is 0 Å². The fourth-order valence-corrected chi connectivity index (χ4v) is 2.19. The van der Waals surface area contributed by atoms with Crippen LogP contribution < -0.4 is 5.73 Å². The SMILES string of the molecule is Cc1c(N)cccc1C(=O)CCCc1ccccc1. The topological polar surface area (TPSA) is 43.1 Å². The molecule has 0 aromatic heterocycles. The molecule has 0 saturated carbocycles. The summed E-state index contributed by atoms with van der Waals surface area (Å²) >= 11 is 0. The lowest BCUT2D eigenvalue weighted by Gasteiger charge is -2.07. The molecule has 0 saturated heterocycles. The smallest absolute Gasteiger partial charge is 0.163 e. The van der Waals surface area contributed by atoms with Crippen molar-refractivity contribution in [3.05, 3.63) is 65.2 Å². The minimum Gasteiger partial charge on any atom is -0.398 e. The summed E-state index contributed by atoms with van der Waals surface area (Å²) in [6, 6.07) is 15.8. The molecule has 2 nitrogen and oxygen atoms in total. The summed E-state index contributed by atoms with van der Waals surface area (Å²) in [7, 11) is 0. The molecular formula is C17H19NO. The monoisotopic (exact) mass is 253 g/mol. The van der Waals surface area contributed by atoms with Gasteiger partial charge in [-0.1, -0.05) is 42.5 Å². The molecule has 2 rings (SSSR count). The molecule has 0 heterocycles. The molecule has 98 valence electrons. The quantitative estimate of drug-likeness (QED) is 0.651. The van der Waals surface area contributed by atoms with Gasteiger partial charge in [0.1, 0.15) is 0 Å². The molecule has 0 unspecified atom stereocenters. The molecular weight excluding hydrogens is 234 g/mol. The molecule has 2 heteroatoms. The maximum Gasteiger partial charge on any atom is 0.163 e. The van der Waals surface area contributed by atoms with Gasteiger partial charge < -0.3 is 5.73 Å². The third-order valence-electron chi connectivity index (χ3n) is 3.39. The fourth-order valence-electron chi connectivity index (χ4n) is 2.19. The zero-order valence-electron chi connectivity index (χ0n) is 11.2. The van der Waals surface area contributed by atoms with Crippen molar-refractivity contribution in [2.75, 3.05) is 5.73 Å². The van der Waals surface area contributed by atoms with Gasteiger partial charge >= 0.3 is 0 Å².